The summed E-state index contributed by atoms with van der Waals surface area (Å²) in [6, 6.07) is 14.0. The molecule has 0 bridgehead atoms. The van der Waals surface area contributed by atoms with Gasteiger partial charge in [-0.15, -0.1) is 0 Å². The van der Waals surface area contributed by atoms with Gasteiger partial charge in [0.2, 0.25) is 0 Å². The number of urea groups is 1. The molecular weight excluding hydrogens is 482 g/mol. The Kier molecular flexibility index (Phi) is 7.87. The first kappa shape index (κ1) is 24.7. The number of furan rings is 1. The van der Waals surface area contributed by atoms with Gasteiger partial charge < -0.3 is 4.42 Å². The molecule has 0 spiro atoms. The fourth-order valence-electron chi connectivity index (χ4n) is 2.77. The second kappa shape index (κ2) is 10.8. The summed E-state index contributed by atoms with van der Waals surface area (Å²) in [7, 11) is -4.15. The first-order valence-corrected chi connectivity index (χ1v) is 11.7. The van der Waals surface area contributed by atoms with E-state index in [9.17, 15) is 22.8 Å². The lowest BCUT2D eigenvalue weighted by Crippen LogP contribution is -2.49. The SMILES string of the molecule is Cc1ccc(S(=O)(=O)NC(=O)NNC(=O)/C(=C/c2ccco2)CC(=O)c2ccc(Cl)cc2)cc1. The predicted molar refractivity (Wildman–Crippen MR) is 125 cm³/mol. The normalized spacial score (nSPS) is 11.5. The van der Waals surface area contributed by atoms with Crippen LogP contribution in [0.5, 0.6) is 0 Å². The summed E-state index contributed by atoms with van der Waals surface area (Å²) < 4.78 is 31.6. The third-order valence-corrected chi connectivity index (χ3v) is 6.12. The Morgan fingerprint density at radius 2 is 1.65 bits per heavy atom. The number of hydrazine groups is 1. The minimum Gasteiger partial charge on any atom is -0.465 e. The minimum absolute atomic E-state index is 0.0309. The van der Waals surface area contributed by atoms with Gasteiger partial charge in [0, 0.05) is 22.6 Å². The maximum absolute atomic E-state index is 12.7. The highest BCUT2D eigenvalue weighted by Gasteiger charge is 2.20. The van der Waals surface area contributed by atoms with E-state index in [0.717, 1.165) is 5.56 Å². The fraction of sp³-hybridized carbons (Fsp3) is 0.0870. The molecule has 0 aliphatic rings. The first-order valence-electron chi connectivity index (χ1n) is 9.87. The van der Waals surface area contributed by atoms with Crippen LogP contribution in [0, 0.1) is 6.92 Å². The van der Waals surface area contributed by atoms with E-state index in [1.54, 1.807) is 48.0 Å². The van der Waals surface area contributed by atoms with Gasteiger partial charge in [0.1, 0.15) is 5.76 Å². The second-order valence-corrected chi connectivity index (χ2v) is 9.24. The lowest BCUT2D eigenvalue weighted by atomic mass is 10.0. The standard InChI is InChI=1S/C23H20ClN3O6S/c1-15-4-10-20(11-5-15)34(31,32)27-23(30)26-25-22(29)17(13-19-3-2-12-33-19)14-21(28)16-6-8-18(24)9-7-16/h2-13H,14H2,1H3,(H,25,29)(H2,26,27,30)/b17-13+. The summed E-state index contributed by atoms with van der Waals surface area (Å²) in [5, 5.41) is 0.455. The van der Waals surface area contributed by atoms with Crippen molar-refractivity contribution in [2.45, 2.75) is 18.2 Å². The maximum Gasteiger partial charge on any atom is 0.347 e. The quantitative estimate of drug-likeness (QED) is 0.257. The lowest BCUT2D eigenvalue weighted by molar-refractivity contribution is -0.118. The number of sulfonamides is 1. The molecule has 3 rings (SSSR count). The van der Waals surface area contributed by atoms with Crippen molar-refractivity contribution in [2.24, 2.45) is 0 Å². The number of Topliss-reactive ketones (excluding diaryl/α,β-unsaturated/α-hetero) is 1. The van der Waals surface area contributed by atoms with Crippen LogP contribution in [0.4, 0.5) is 4.79 Å². The van der Waals surface area contributed by atoms with Crippen LogP contribution in [0.1, 0.15) is 28.1 Å². The largest absolute Gasteiger partial charge is 0.465 e. The van der Waals surface area contributed by atoms with Crippen molar-refractivity contribution in [3.63, 3.8) is 0 Å². The predicted octanol–water partition coefficient (Wildman–Crippen LogP) is 3.62. The van der Waals surface area contributed by atoms with Crippen molar-refractivity contribution in [3.05, 3.63) is 94.4 Å². The molecule has 176 valence electrons. The molecule has 1 aromatic heterocycles. The number of nitrogens with one attached hydrogen (secondary N) is 3. The number of hydrogen-bond acceptors (Lipinski definition) is 6. The van der Waals surface area contributed by atoms with Gasteiger partial charge in [-0.1, -0.05) is 29.3 Å². The first-order chi connectivity index (χ1) is 16.1. The molecule has 3 aromatic rings. The van der Waals surface area contributed by atoms with Crippen molar-refractivity contribution >= 4 is 45.4 Å². The van der Waals surface area contributed by atoms with E-state index in [0.29, 0.717) is 16.3 Å². The average molecular weight is 502 g/mol. The number of rotatable bonds is 7. The zero-order valence-electron chi connectivity index (χ0n) is 17.9. The van der Waals surface area contributed by atoms with Gasteiger partial charge in [0.25, 0.3) is 15.9 Å². The molecule has 2 aromatic carbocycles. The summed E-state index contributed by atoms with van der Waals surface area (Å²) >= 11 is 5.84. The monoisotopic (exact) mass is 501 g/mol. The Balaban J connectivity index is 1.68. The summed E-state index contributed by atoms with van der Waals surface area (Å²) in [6.07, 6.45) is 2.41. The summed E-state index contributed by atoms with van der Waals surface area (Å²) in [4.78, 5) is 37.3. The van der Waals surface area contributed by atoms with Gasteiger partial charge in [0.15, 0.2) is 5.78 Å². The molecular formula is C23H20ClN3O6S. The molecule has 1 heterocycles. The van der Waals surface area contributed by atoms with Crippen molar-refractivity contribution in [1.82, 2.24) is 15.6 Å². The van der Waals surface area contributed by atoms with Crippen LogP contribution in [0.25, 0.3) is 6.08 Å². The number of amides is 3. The van der Waals surface area contributed by atoms with Crippen LogP contribution < -0.4 is 15.6 Å². The molecule has 0 saturated carbocycles. The molecule has 0 fully saturated rings. The number of hydrogen-bond donors (Lipinski definition) is 3. The number of benzene rings is 2. The van der Waals surface area contributed by atoms with Crippen molar-refractivity contribution in [1.29, 1.82) is 0 Å². The zero-order chi connectivity index (χ0) is 24.7. The number of carbonyl (C=O) groups is 3. The number of aryl methyl sites for hydroxylation is 1. The highest BCUT2D eigenvalue weighted by Crippen LogP contribution is 2.16. The average Bonchev–Trinajstić information content (AvgIpc) is 3.30. The molecule has 0 unspecified atom stereocenters. The Morgan fingerprint density at radius 3 is 2.26 bits per heavy atom. The molecule has 0 aliphatic carbocycles. The molecule has 9 nitrogen and oxygen atoms in total. The van der Waals surface area contributed by atoms with E-state index in [1.807, 2.05) is 5.43 Å². The van der Waals surface area contributed by atoms with E-state index >= 15 is 0 Å². The van der Waals surface area contributed by atoms with Crippen LogP contribution in [0.15, 0.2) is 81.8 Å². The highest BCUT2D eigenvalue weighted by atomic mass is 35.5. The Hall–Kier alpha value is -3.89. The topological polar surface area (TPSA) is 135 Å². The maximum atomic E-state index is 12.7. The fourth-order valence-corrected chi connectivity index (χ4v) is 3.80. The number of carbonyl (C=O) groups excluding carboxylic acids is 3. The molecule has 3 amide bonds. The van der Waals surface area contributed by atoms with Crippen LogP contribution >= 0.6 is 11.6 Å². The summed E-state index contributed by atoms with van der Waals surface area (Å²) in [5.74, 6) is -0.905. The third kappa shape index (κ3) is 6.80. The van der Waals surface area contributed by atoms with Crippen molar-refractivity contribution in [3.8, 4) is 0 Å². The van der Waals surface area contributed by atoms with Crippen molar-refractivity contribution < 1.29 is 27.2 Å². The molecule has 3 N–H and O–H groups in total. The van der Waals surface area contributed by atoms with Gasteiger partial charge in [-0.2, -0.15) is 0 Å². The molecule has 11 heteroatoms. The van der Waals surface area contributed by atoms with Crippen LogP contribution in [-0.4, -0.2) is 26.1 Å². The van der Waals surface area contributed by atoms with Crippen molar-refractivity contribution in [2.75, 3.05) is 0 Å². The summed E-state index contributed by atoms with van der Waals surface area (Å²) in [5.41, 5.74) is 5.21. The molecule has 0 atom stereocenters. The molecule has 0 radical (unpaired) electrons. The summed E-state index contributed by atoms with van der Waals surface area (Å²) in [6.45, 7) is 1.79. The van der Waals surface area contributed by atoms with Gasteiger partial charge >= 0.3 is 6.03 Å². The lowest BCUT2D eigenvalue weighted by Gasteiger charge is -2.11. The van der Waals surface area contributed by atoms with Gasteiger partial charge in [-0.05, 0) is 61.5 Å². The van der Waals surface area contributed by atoms with Gasteiger partial charge in [-0.25, -0.2) is 23.4 Å². The molecule has 0 saturated heterocycles. The number of ketones is 1. The second-order valence-electron chi connectivity index (χ2n) is 7.12. The molecule has 34 heavy (non-hydrogen) atoms. The van der Waals surface area contributed by atoms with Crippen LogP contribution in [0.2, 0.25) is 5.02 Å². The van der Waals surface area contributed by atoms with E-state index in [2.05, 4.69) is 5.43 Å². The zero-order valence-corrected chi connectivity index (χ0v) is 19.4. The molecule has 0 aliphatic heterocycles. The smallest absolute Gasteiger partial charge is 0.347 e. The van der Waals surface area contributed by atoms with Gasteiger partial charge in [0.05, 0.1) is 11.2 Å². The van der Waals surface area contributed by atoms with Gasteiger partial charge in [-0.3, -0.25) is 15.0 Å². The van der Waals surface area contributed by atoms with E-state index in [4.69, 9.17) is 16.0 Å². The van der Waals surface area contributed by atoms with Crippen LogP contribution in [0.3, 0.4) is 0 Å². The van der Waals surface area contributed by atoms with Crippen LogP contribution in [-0.2, 0) is 14.8 Å². The Bertz CT molecular complexity index is 1320. The van der Waals surface area contributed by atoms with E-state index in [1.165, 1.54) is 36.6 Å². The Morgan fingerprint density at radius 1 is 0.971 bits per heavy atom. The number of halogens is 1. The van der Waals surface area contributed by atoms with E-state index < -0.39 is 22.0 Å². The highest BCUT2D eigenvalue weighted by molar-refractivity contribution is 7.90. The Labute approximate surface area is 200 Å². The third-order valence-electron chi connectivity index (χ3n) is 4.52. The minimum atomic E-state index is -4.15. The van der Waals surface area contributed by atoms with E-state index in [-0.39, 0.29) is 22.7 Å².